The van der Waals surface area contributed by atoms with Crippen LogP contribution in [0.2, 0.25) is 0 Å². The minimum Gasteiger partial charge on any atom is -0.246 e. The second kappa shape index (κ2) is 5.14. The summed E-state index contributed by atoms with van der Waals surface area (Å²) >= 11 is 2.87. The molecule has 116 valence electrons. The Morgan fingerprint density at radius 1 is 1.09 bits per heavy atom. The lowest BCUT2D eigenvalue weighted by Gasteiger charge is -1.99. The molecule has 5 nitrogen and oxygen atoms in total. The Hall–Kier alpha value is -2.26. The van der Waals surface area contributed by atoms with E-state index in [2.05, 4.69) is 20.3 Å². The molecule has 0 atom stereocenters. The number of benzene rings is 1. The van der Waals surface area contributed by atoms with Gasteiger partial charge in [0.25, 0.3) is 0 Å². The predicted octanol–water partition coefficient (Wildman–Crippen LogP) is 3.87. The molecule has 0 spiro atoms. The van der Waals surface area contributed by atoms with Crippen LogP contribution < -0.4 is 0 Å². The predicted molar refractivity (Wildman–Crippen MR) is 84.6 cm³/mol. The van der Waals surface area contributed by atoms with Crippen molar-refractivity contribution in [2.45, 2.75) is 13.8 Å². The van der Waals surface area contributed by atoms with Crippen molar-refractivity contribution in [3.63, 3.8) is 0 Å². The molecule has 3 aromatic heterocycles. The van der Waals surface area contributed by atoms with Gasteiger partial charge in [-0.15, -0.1) is 21.5 Å². The summed E-state index contributed by atoms with van der Waals surface area (Å²) in [5, 5.41) is 14.1. The average molecular weight is 349 g/mol. The monoisotopic (exact) mass is 349 g/mol. The van der Waals surface area contributed by atoms with Gasteiger partial charge in [-0.1, -0.05) is 11.3 Å². The van der Waals surface area contributed by atoms with Crippen LogP contribution in [-0.2, 0) is 0 Å². The number of thiazole rings is 1. The second-order valence-corrected chi connectivity index (χ2v) is 7.06. The summed E-state index contributed by atoms with van der Waals surface area (Å²) in [6.45, 7) is 3.84. The van der Waals surface area contributed by atoms with Crippen molar-refractivity contribution in [3.05, 3.63) is 40.5 Å². The van der Waals surface area contributed by atoms with Gasteiger partial charge in [-0.25, -0.2) is 13.8 Å². The summed E-state index contributed by atoms with van der Waals surface area (Å²) in [7, 11) is 0. The smallest absolute Gasteiger partial charge is 0.235 e. The number of nitrogens with zero attached hydrogens (tertiary/aromatic N) is 5. The molecule has 0 radical (unpaired) electrons. The van der Waals surface area contributed by atoms with Gasteiger partial charge in [0.1, 0.15) is 11.6 Å². The molecule has 23 heavy (non-hydrogen) atoms. The van der Waals surface area contributed by atoms with E-state index in [0.717, 1.165) is 38.8 Å². The van der Waals surface area contributed by atoms with Crippen LogP contribution >= 0.6 is 22.7 Å². The van der Waals surface area contributed by atoms with Crippen molar-refractivity contribution >= 4 is 27.6 Å². The maximum atomic E-state index is 14.0. The lowest BCUT2D eigenvalue weighted by atomic mass is 10.2. The van der Waals surface area contributed by atoms with Gasteiger partial charge in [-0.2, -0.15) is 9.61 Å². The molecule has 0 bridgehead atoms. The fourth-order valence-electron chi connectivity index (χ4n) is 2.28. The van der Waals surface area contributed by atoms with E-state index in [1.54, 1.807) is 0 Å². The summed E-state index contributed by atoms with van der Waals surface area (Å²) in [4.78, 5) is 5.84. The maximum absolute atomic E-state index is 14.0. The first kappa shape index (κ1) is 14.3. The van der Waals surface area contributed by atoms with Gasteiger partial charge in [0, 0.05) is 0 Å². The molecule has 0 aliphatic rings. The van der Waals surface area contributed by atoms with Crippen molar-refractivity contribution in [3.8, 4) is 21.3 Å². The molecule has 0 fully saturated rings. The van der Waals surface area contributed by atoms with E-state index in [0.29, 0.717) is 4.96 Å². The Kier molecular flexibility index (Phi) is 3.20. The molecule has 0 N–H and O–H groups in total. The largest absolute Gasteiger partial charge is 0.246 e. The van der Waals surface area contributed by atoms with Crippen molar-refractivity contribution in [1.82, 2.24) is 24.8 Å². The van der Waals surface area contributed by atoms with Crippen molar-refractivity contribution in [2.24, 2.45) is 0 Å². The highest BCUT2D eigenvalue weighted by atomic mass is 32.1. The Bertz CT molecular complexity index is 1030. The fraction of sp³-hybridized carbons (Fsp3) is 0.143. The summed E-state index contributed by atoms with van der Waals surface area (Å²) in [5.74, 6) is -0.930. The summed E-state index contributed by atoms with van der Waals surface area (Å²) in [5.41, 5.74) is 0.919. The van der Waals surface area contributed by atoms with E-state index in [9.17, 15) is 8.78 Å². The first-order valence-electron chi connectivity index (χ1n) is 6.65. The van der Waals surface area contributed by atoms with E-state index in [4.69, 9.17) is 0 Å². The van der Waals surface area contributed by atoms with Gasteiger partial charge in [0.05, 0.1) is 21.1 Å². The lowest BCUT2D eigenvalue weighted by Crippen LogP contribution is -1.94. The first-order chi connectivity index (χ1) is 11.0. The second-order valence-electron chi connectivity index (χ2n) is 4.90. The highest BCUT2D eigenvalue weighted by molar-refractivity contribution is 7.24. The quantitative estimate of drug-likeness (QED) is 0.551. The molecular formula is C14H9F2N5S2. The molecular weight excluding hydrogens is 340 g/mol. The number of aryl methyl sites for hydroxylation is 2. The highest BCUT2D eigenvalue weighted by Crippen LogP contribution is 2.34. The van der Waals surface area contributed by atoms with Crippen LogP contribution in [0, 0.1) is 25.5 Å². The van der Waals surface area contributed by atoms with Gasteiger partial charge in [-0.3, -0.25) is 0 Å². The van der Waals surface area contributed by atoms with E-state index in [1.807, 2.05) is 13.8 Å². The van der Waals surface area contributed by atoms with Crippen LogP contribution in [0.5, 0.6) is 0 Å². The molecule has 3 heterocycles. The summed E-state index contributed by atoms with van der Waals surface area (Å²) in [6, 6.07) is 3.22. The zero-order valence-electron chi connectivity index (χ0n) is 12.0. The van der Waals surface area contributed by atoms with Gasteiger partial charge in [0.15, 0.2) is 10.8 Å². The third-order valence-electron chi connectivity index (χ3n) is 3.26. The number of hydrogen-bond donors (Lipinski definition) is 0. The highest BCUT2D eigenvalue weighted by Gasteiger charge is 2.19. The lowest BCUT2D eigenvalue weighted by molar-refractivity contribution is 0.601. The number of rotatable bonds is 2. The van der Waals surface area contributed by atoms with Crippen molar-refractivity contribution < 1.29 is 8.78 Å². The summed E-state index contributed by atoms with van der Waals surface area (Å²) < 4.78 is 28.8. The molecule has 0 aliphatic carbocycles. The van der Waals surface area contributed by atoms with Crippen molar-refractivity contribution in [1.29, 1.82) is 0 Å². The Morgan fingerprint density at radius 2 is 1.91 bits per heavy atom. The van der Waals surface area contributed by atoms with Gasteiger partial charge >= 0.3 is 0 Å². The average Bonchev–Trinajstić information content (AvgIpc) is 3.15. The van der Waals surface area contributed by atoms with E-state index >= 15 is 0 Å². The third kappa shape index (κ3) is 2.32. The summed E-state index contributed by atoms with van der Waals surface area (Å²) in [6.07, 6.45) is 0. The normalized spacial score (nSPS) is 11.5. The third-order valence-corrected chi connectivity index (χ3v) is 5.38. The Morgan fingerprint density at radius 3 is 2.65 bits per heavy atom. The fourth-order valence-corrected chi connectivity index (χ4v) is 4.16. The standard InChI is InChI=1S/C14H9F2N5S2/c1-6-11(22-7(2)17-6)13-20-21-12(18-19-14(21)23-13)9-5-8(15)3-4-10(9)16/h3-5H,1-2H3. The number of fused-ring (bicyclic) bond motifs is 1. The number of halogens is 2. The van der Waals surface area contributed by atoms with Crippen LogP contribution in [0.25, 0.3) is 26.2 Å². The minimum absolute atomic E-state index is 0.0338. The first-order valence-corrected chi connectivity index (χ1v) is 8.28. The minimum atomic E-state index is -0.569. The van der Waals surface area contributed by atoms with Gasteiger partial charge in [0.2, 0.25) is 4.96 Å². The van der Waals surface area contributed by atoms with Crippen LogP contribution in [-0.4, -0.2) is 24.8 Å². The van der Waals surface area contributed by atoms with Crippen LogP contribution in [0.4, 0.5) is 8.78 Å². The van der Waals surface area contributed by atoms with E-state index in [-0.39, 0.29) is 11.4 Å². The molecule has 4 rings (SSSR count). The van der Waals surface area contributed by atoms with Crippen LogP contribution in [0.3, 0.4) is 0 Å². The molecule has 9 heteroatoms. The molecule has 1 aromatic carbocycles. The molecule has 0 saturated heterocycles. The van der Waals surface area contributed by atoms with Gasteiger partial charge in [-0.05, 0) is 32.0 Å². The Labute approximate surface area is 137 Å². The van der Waals surface area contributed by atoms with Crippen LogP contribution in [0.1, 0.15) is 10.7 Å². The number of aromatic nitrogens is 5. The zero-order chi connectivity index (χ0) is 16.1. The SMILES string of the molecule is Cc1nc(C)c(-c2nn3c(-c4cc(F)ccc4F)nnc3s2)s1. The van der Waals surface area contributed by atoms with Gasteiger partial charge < -0.3 is 0 Å². The maximum Gasteiger partial charge on any atom is 0.235 e. The molecule has 0 amide bonds. The molecule has 0 saturated carbocycles. The van der Waals surface area contributed by atoms with E-state index < -0.39 is 11.6 Å². The Balaban J connectivity index is 1.90. The van der Waals surface area contributed by atoms with E-state index in [1.165, 1.54) is 27.2 Å². The molecule has 0 aliphatic heterocycles. The van der Waals surface area contributed by atoms with Crippen molar-refractivity contribution in [2.75, 3.05) is 0 Å². The topological polar surface area (TPSA) is 56.0 Å². The molecule has 4 aromatic rings. The number of hydrogen-bond acceptors (Lipinski definition) is 6. The van der Waals surface area contributed by atoms with Crippen LogP contribution in [0.15, 0.2) is 18.2 Å². The molecule has 0 unspecified atom stereocenters. The zero-order valence-corrected chi connectivity index (χ0v) is 13.7.